The van der Waals surface area contributed by atoms with Gasteiger partial charge in [0.1, 0.15) is 5.76 Å². The molecule has 2 N–H and O–H groups in total. The maximum Gasteiger partial charge on any atom is 0.291 e. The van der Waals surface area contributed by atoms with Gasteiger partial charge in [0.2, 0.25) is 0 Å². The van der Waals surface area contributed by atoms with Gasteiger partial charge >= 0.3 is 0 Å². The zero-order valence-corrected chi connectivity index (χ0v) is 12.4. The Morgan fingerprint density at radius 3 is 2.79 bits per heavy atom. The topological polar surface area (TPSA) is 54.3 Å². The van der Waals surface area contributed by atoms with Crippen molar-refractivity contribution >= 4 is 27.5 Å². The average molecular weight is 323 g/mol. The van der Waals surface area contributed by atoms with E-state index in [1.807, 2.05) is 32.2 Å². The number of halogens is 1. The molecule has 2 aromatic rings. The molecule has 19 heavy (non-hydrogen) atoms. The average Bonchev–Trinajstić information content (AvgIpc) is 2.82. The quantitative estimate of drug-likeness (QED) is 0.907. The second kappa shape index (κ2) is 6.04. The summed E-state index contributed by atoms with van der Waals surface area (Å²) in [5, 5.41) is 5.81. The summed E-state index contributed by atoms with van der Waals surface area (Å²) in [5.41, 5.74) is 1.77. The van der Waals surface area contributed by atoms with Gasteiger partial charge in [-0.05, 0) is 49.9 Å². The third kappa shape index (κ3) is 3.45. The number of anilines is 1. The molecule has 1 aromatic heterocycles. The van der Waals surface area contributed by atoms with Crippen LogP contribution in [0.2, 0.25) is 0 Å². The summed E-state index contributed by atoms with van der Waals surface area (Å²) >= 11 is 3.39. The van der Waals surface area contributed by atoms with Gasteiger partial charge in [-0.3, -0.25) is 4.79 Å². The predicted molar refractivity (Wildman–Crippen MR) is 78.3 cm³/mol. The van der Waals surface area contributed by atoms with Crippen molar-refractivity contribution in [3.8, 4) is 0 Å². The van der Waals surface area contributed by atoms with Crippen LogP contribution in [0.15, 0.2) is 39.2 Å². The lowest BCUT2D eigenvalue weighted by Crippen LogP contribution is -2.12. The van der Waals surface area contributed by atoms with E-state index in [1.165, 1.54) is 0 Å². The highest BCUT2D eigenvalue weighted by atomic mass is 79.9. The second-order valence-electron chi connectivity index (χ2n) is 4.21. The summed E-state index contributed by atoms with van der Waals surface area (Å²) in [5.74, 6) is 0.806. The zero-order chi connectivity index (χ0) is 13.8. The van der Waals surface area contributed by atoms with Crippen molar-refractivity contribution in [1.29, 1.82) is 0 Å². The number of carbonyl (C=O) groups is 1. The minimum absolute atomic E-state index is 0.243. The lowest BCUT2D eigenvalue weighted by Gasteiger charge is -2.07. The summed E-state index contributed by atoms with van der Waals surface area (Å²) < 4.78 is 6.42. The Kier molecular flexibility index (Phi) is 4.39. The lowest BCUT2D eigenvalue weighted by molar-refractivity contribution is 0.0994. The number of carbonyl (C=O) groups excluding carboxylic acids is 1. The number of rotatable bonds is 4. The first kappa shape index (κ1) is 13.8. The molecule has 0 unspecified atom stereocenters. The van der Waals surface area contributed by atoms with Crippen molar-refractivity contribution in [3.05, 3.63) is 51.9 Å². The van der Waals surface area contributed by atoms with Gasteiger partial charge in [-0.2, -0.15) is 0 Å². The van der Waals surface area contributed by atoms with Crippen LogP contribution in [0.3, 0.4) is 0 Å². The Morgan fingerprint density at radius 1 is 1.32 bits per heavy atom. The van der Waals surface area contributed by atoms with Crippen LogP contribution in [-0.2, 0) is 6.54 Å². The molecule has 2 rings (SSSR count). The molecule has 1 amide bonds. The summed E-state index contributed by atoms with van der Waals surface area (Å²) in [6, 6.07) is 9.16. The van der Waals surface area contributed by atoms with E-state index in [9.17, 15) is 4.79 Å². The van der Waals surface area contributed by atoms with Gasteiger partial charge in [0, 0.05) is 10.2 Å². The monoisotopic (exact) mass is 322 g/mol. The lowest BCUT2D eigenvalue weighted by atomic mass is 10.2. The minimum Gasteiger partial charge on any atom is -0.455 e. The van der Waals surface area contributed by atoms with Crippen molar-refractivity contribution in [2.45, 2.75) is 13.5 Å². The molecule has 0 aliphatic carbocycles. The zero-order valence-electron chi connectivity index (χ0n) is 10.8. The first-order chi connectivity index (χ1) is 9.10. The SMILES string of the molecule is CNCc1ccc(C(=O)Nc2ccc(Br)cc2C)o1. The highest BCUT2D eigenvalue weighted by Gasteiger charge is 2.12. The number of amides is 1. The smallest absolute Gasteiger partial charge is 0.291 e. The summed E-state index contributed by atoms with van der Waals surface area (Å²) in [4.78, 5) is 12.0. The van der Waals surface area contributed by atoms with Gasteiger partial charge in [-0.25, -0.2) is 0 Å². The van der Waals surface area contributed by atoms with Crippen LogP contribution < -0.4 is 10.6 Å². The number of hydrogen-bond acceptors (Lipinski definition) is 3. The van der Waals surface area contributed by atoms with Crippen molar-refractivity contribution in [3.63, 3.8) is 0 Å². The molecule has 0 spiro atoms. The first-order valence-corrected chi connectivity index (χ1v) is 6.70. The molecule has 0 fully saturated rings. The highest BCUT2D eigenvalue weighted by molar-refractivity contribution is 9.10. The van der Waals surface area contributed by atoms with E-state index in [2.05, 4.69) is 26.6 Å². The Bertz CT molecular complexity index is 593. The fraction of sp³-hybridized carbons (Fsp3) is 0.214. The fourth-order valence-corrected chi connectivity index (χ4v) is 2.20. The van der Waals surface area contributed by atoms with Gasteiger partial charge in [0.25, 0.3) is 5.91 Å². The Morgan fingerprint density at radius 2 is 2.11 bits per heavy atom. The third-order valence-electron chi connectivity index (χ3n) is 2.67. The standard InChI is InChI=1S/C14H15BrN2O2/c1-9-7-10(15)3-5-12(9)17-14(18)13-6-4-11(19-13)8-16-2/h3-7,16H,8H2,1-2H3,(H,17,18). The number of aryl methyl sites for hydroxylation is 1. The van der Waals surface area contributed by atoms with Crippen molar-refractivity contribution in [1.82, 2.24) is 5.32 Å². The molecule has 1 heterocycles. The van der Waals surface area contributed by atoms with Gasteiger partial charge < -0.3 is 15.1 Å². The van der Waals surface area contributed by atoms with Crippen LogP contribution in [0.4, 0.5) is 5.69 Å². The van der Waals surface area contributed by atoms with Gasteiger partial charge in [-0.15, -0.1) is 0 Å². The van der Waals surface area contributed by atoms with E-state index < -0.39 is 0 Å². The third-order valence-corrected chi connectivity index (χ3v) is 3.17. The van der Waals surface area contributed by atoms with E-state index in [4.69, 9.17) is 4.42 Å². The molecule has 0 saturated carbocycles. The molecule has 0 bridgehead atoms. The minimum atomic E-state index is -0.243. The molecule has 0 aliphatic rings. The Balaban J connectivity index is 2.11. The normalized spacial score (nSPS) is 10.5. The number of benzene rings is 1. The summed E-state index contributed by atoms with van der Waals surface area (Å²) in [6.07, 6.45) is 0. The number of furan rings is 1. The Labute approximate surface area is 120 Å². The fourth-order valence-electron chi connectivity index (χ4n) is 1.72. The van der Waals surface area contributed by atoms with Crippen LogP contribution in [0.25, 0.3) is 0 Å². The number of hydrogen-bond donors (Lipinski definition) is 2. The van der Waals surface area contributed by atoms with Gasteiger partial charge in [0.15, 0.2) is 5.76 Å². The van der Waals surface area contributed by atoms with Crippen LogP contribution >= 0.6 is 15.9 Å². The van der Waals surface area contributed by atoms with E-state index in [0.29, 0.717) is 12.3 Å². The number of nitrogens with one attached hydrogen (secondary N) is 2. The largest absolute Gasteiger partial charge is 0.455 e. The van der Waals surface area contributed by atoms with Crippen molar-refractivity contribution in [2.24, 2.45) is 0 Å². The summed E-state index contributed by atoms with van der Waals surface area (Å²) in [7, 11) is 1.83. The molecule has 1 aromatic carbocycles. The Hall–Kier alpha value is -1.59. The molecule has 100 valence electrons. The van der Waals surface area contributed by atoms with Crippen LogP contribution in [0.1, 0.15) is 21.9 Å². The van der Waals surface area contributed by atoms with E-state index >= 15 is 0 Å². The molecule has 0 atom stereocenters. The highest BCUT2D eigenvalue weighted by Crippen LogP contribution is 2.21. The molecule has 0 saturated heterocycles. The van der Waals surface area contributed by atoms with Crippen molar-refractivity contribution in [2.75, 3.05) is 12.4 Å². The molecule has 0 aliphatic heterocycles. The van der Waals surface area contributed by atoms with Crippen LogP contribution in [0.5, 0.6) is 0 Å². The second-order valence-corrected chi connectivity index (χ2v) is 5.13. The first-order valence-electron chi connectivity index (χ1n) is 5.91. The molecule has 4 nitrogen and oxygen atoms in total. The van der Waals surface area contributed by atoms with E-state index in [0.717, 1.165) is 21.5 Å². The molecular formula is C14H15BrN2O2. The van der Waals surface area contributed by atoms with Crippen LogP contribution in [0, 0.1) is 6.92 Å². The molecule has 0 radical (unpaired) electrons. The maximum absolute atomic E-state index is 12.0. The summed E-state index contributed by atoms with van der Waals surface area (Å²) in [6.45, 7) is 2.54. The molecular weight excluding hydrogens is 308 g/mol. The molecule has 5 heteroatoms. The van der Waals surface area contributed by atoms with Crippen molar-refractivity contribution < 1.29 is 9.21 Å². The predicted octanol–water partition coefficient (Wildman–Crippen LogP) is 3.32. The van der Waals surface area contributed by atoms with Gasteiger partial charge in [0.05, 0.1) is 6.54 Å². The van der Waals surface area contributed by atoms with E-state index in [-0.39, 0.29) is 5.91 Å². The van der Waals surface area contributed by atoms with E-state index in [1.54, 1.807) is 12.1 Å². The van der Waals surface area contributed by atoms with Gasteiger partial charge in [-0.1, -0.05) is 15.9 Å². The maximum atomic E-state index is 12.0. The van der Waals surface area contributed by atoms with Crippen LogP contribution in [-0.4, -0.2) is 13.0 Å².